The number of ketones is 1. The Hall–Kier alpha value is -1.37. The molecule has 0 aliphatic carbocycles. The lowest BCUT2D eigenvalue weighted by atomic mass is 10.1. The smallest absolute Gasteiger partial charge is 0.159 e. The van der Waals surface area contributed by atoms with Gasteiger partial charge in [-0.1, -0.05) is 49.8 Å². The van der Waals surface area contributed by atoms with Crippen LogP contribution in [0, 0.1) is 0 Å². The van der Waals surface area contributed by atoms with Crippen molar-refractivity contribution in [2.24, 2.45) is 0 Å². The number of unbranched alkanes of at least 4 members (excludes halogenated alkanes) is 1. The van der Waals surface area contributed by atoms with Crippen LogP contribution in [0.2, 0.25) is 0 Å². The van der Waals surface area contributed by atoms with Crippen molar-refractivity contribution in [2.75, 3.05) is 0 Å². The Bertz CT molecular complexity index is 298. The Morgan fingerprint density at radius 2 is 2.00 bits per heavy atom. The van der Waals surface area contributed by atoms with Crippen molar-refractivity contribution in [2.45, 2.75) is 26.2 Å². The molecule has 1 nitrogen and oxygen atoms in total. The average Bonchev–Trinajstić information content (AvgIpc) is 2.20. The van der Waals surface area contributed by atoms with Crippen LogP contribution in [0.4, 0.5) is 0 Å². The molecule has 0 aromatic heterocycles. The van der Waals surface area contributed by atoms with E-state index in [2.05, 4.69) is 6.92 Å². The highest BCUT2D eigenvalue weighted by Gasteiger charge is 1.97. The summed E-state index contributed by atoms with van der Waals surface area (Å²) in [6.07, 6.45) is 6.23. The van der Waals surface area contributed by atoms with Gasteiger partial charge in [-0.3, -0.25) is 4.79 Å². The molecule has 0 spiro atoms. The zero-order valence-electron chi connectivity index (χ0n) is 8.57. The molecule has 0 aliphatic rings. The van der Waals surface area contributed by atoms with Crippen LogP contribution >= 0.6 is 0 Å². The van der Waals surface area contributed by atoms with Crippen LogP contribution in [0.1, 0.15) is 25.3 Å². The lowest BCUT2D eigenvalue weighted by molar-refractivity contribution is -0.114. The predicted octanol–water partition coefficient (Wildman–Crippen LogP) is 3.15. The minimum atomic E-state index is 0.185. The molecule has 0 bridgehead atoms. The number of hydrogen-bond acceptors (Lipinski definition) is 1. The summed E-state index contributed by atoms with van der Waals surface area (Å²) < 4.78 is 0. The second kappa shape index (κ2) is 6.14. The van der Waals surface area contributed by atoms with Crippen molar-refractivity contribution in [3.05, 3.63) is 48.0 Å². The molecule has 0 fully saturated rings. The van der Waals surface area contributed by atoms with Crippen molar-refractivity contribution < 1.29 is 4.79 Å². The lowest BCUT2D eigenvalue weighted by Gasteiger charge is -1.95. The summed E-state index contributed by atoms with van der Waals surface area (Å²) in [7, 11) is 0. The van der Waals surface area contributed by atoms with Crippen LogP contribution < -0.4 is 0 Å². The highest BCUT2D eigenvalue weighted by molar-refractivity contribution is 5.91. The largest absolute Gasteiger partial charge is 0.294 e. The fraction of sp³-hybridized carbons (Fsp3) is 0.308. The first-order valence-electron chi connectivity index (χ1n) is 5.06. The lowest BCUT2D eigenvalue weighted by Crippen LogP contribution is -1.97. The monoisotopic (exact) mass is 188 g/mol. The maximum absolute atomic E-state index is 11.4. The van der Waals surface area contributed by atoms with Crippen LogP contribution in [-0.2, 0) is 11.2 Å². The maximum atomic E-state index is 11.4. The van der Waals surface area contributed by atoms with Gasteiger partial charge in [0, 0.05) is 6.42 Å². The van der Waals surface area contributed by atoms with Crippen molar-refractivity contribution >= 4 is 5.78 Å². The summed E-state index contributed by atoms with van der Waals surface area (Å²) in [5, 5.41) is 0. The molecular formula is C13H16O. The number of rotatable bonds is 5. The van der Waals surface area contributed by atoms with Crippen molar-refractivity contribution in [3.63, 3.8) is 0 Å². The Morgan fingerprint density at radius 3 is 2.64 bits per heavy atom. The number of carbonyl (C=O) groups is 1. The number of allylic oxidation sites excluding steroid dienone is 2. The van der Waals surface area contributed by atoms with Gasteiger partial charge in [0.15, 0.2) is 5.78 Å². The SMILES string of the molecule is CCCC=CC(=O)Cc1ccccc1. The summed E-state index contributed by atoms with van der Waals surface area (Å²) >= 11 is 0. The zero-order chi connectivity index (χ0) is 10.2. The minimum Gasteiger partial charge on any atom is -0.294 e. The van der Waals surface area contributed by atoms with E-state index < -0.39 is 0 Å². The quantitative estimate of drug-likeness (QED) is 0.649. The van der Waals surface area contributed by atoms with Crippen molar-refractivity contribution in [1.82, 2.24) is 0 Å². The first-order chi connectivity index (χ1) is 6.83. The summed E-state index contributed by atoms with van der Waals surface area (Å²) in [6.45, 7) is 2.10. The van der Waals surface area contributed by atoms with E-state index in [-0.39, 0.29) is 5.78 Å². The Balaban J connectivity index is 2.42. The molecule has 0 N–H and O–H groups in total. The third-order valence-corrected chi connectivity index (χ3v) is 1.98. The first-order valence-corrected chi connectivity index (χ1v) is 5.06. The fourth-order valence-corrected chi connectivity index (χ4v) is 1.24. The highest BCUT2D eigenvalue weighted by Crippen LogP contribution is 2.01. The molecule has 1 heteroatoms. The van der Waals surface area contributed by atoms with Gasteiger partial charge in [0.25, 0.3) is 0 Å². The molecule has 14 heavy (non-hydrogen) atoms. The molecule has 0 heterocycles. The van der Waals surface area contributed by atoms with E-state index in [0.717, 1.165) is 18.4 Å². The van der Waals surface area contributed by atoms with Gasteiger partial charge >= 0.3 is 0 Å². The van der Waals surface area contributed by atoms with Gasteiger partial charge < -0.3 is 0 Å². The summed E-state index contributed by atoms with van der Waals surface area (Å²) in [4.78, 5) is 11.4. The van der Waals surface area contributed by atoms with Gasteiger partial charge in [-0.25, -0.2) is 0 Å². The normalized spacial score (nSPS) is 10.6. The van der Waals surface area contributed by atoms with Gasteiger partial charge in [0.1, 0.15) is 0 Å². The molecule has 0 radical (unpaired) electrons. The Labute approximate surface area is 85.5 Å². The molecule has 0 unspecified atom stereocenters. The minimum absolute atomic E-state index is 0.185. The molecule has 0 saturated carbocycles. The van der Waals surface area contributed by atoms with Gasteiger partial charge in [-0.15, -0.1) is 0 Å². The van der Waals surface area contributed by atoms with E-state index in [9.17, 15) is 4.79 Å². The maximum Gasteiger partial charge on any atom is 0.159 e. The third-order valence-electron chi connectivity index (χ3n) is 1.98. The average molecular weight is 188 g/mol. The molecule has 0 atom stereocenters. The molecule has 74 valence electrons. The van der Waals surface area contributed by atoms with Crippen LogP contribution in [-0.4, -0.2) is 5.78 Å². The van der Waals surface area contributed by atoms with Gasteiger partial charge in [-0.2, -0.15) is 0 Å². The van der Waals surface area contributed by atoms with E-state index >= 15 is 0 Å². The van der Waals surface area contributed by atoms with Crippen LogP contribution in [0.25, 0.3) is 0 Å². The molecule has 0 amide bonds. The fourth-order valence-electron chi connectivity index (χ4n) is 1.24. The molecule has 1 aromatic rings. The van der Waals surface area contributed by atoms with Crippen LogP contribution in [0.5, 0.6) is 0 Å². The Kier molecular flexibility index (Phi) is 4.70. The second-order valence-corrected chi connectivity index (χ2v) is 3.32. The van der Waals surface area contributed by atoms with Crippen LogP contribution in [0.15, 0.2) is 42.5 Å². The van der Waals surface area contributed by atoms with E-state index in [0.29, 0.717) is 6.42 Å². The van der Waals surface area contributed by atoms with Gasteiger partial charge in [-0.05, 0) is 18.1 Å². The molecule has 1 aromatic carbocycles. The number of benzene rings is 1. The predicted molar refractivity (Wildman–Crippen MR) is 59.2 cm³/mol. The Morgan fingerprint density at radius 1 is 1.29 bits per heavy atom. The van der Waals surface area contributed by atoms with E-state index in [1.165, 1.54) is 0 Å². The topological polar surface area (TPSA) is 17.1 Å². The number of carbonyl (C=O) groups excluding carboxylic acids is 1. The summed E-state index contributed by atoms with van der Waals surface area (Å²) in [5.41, 5.74) is 1.08. The van der Waals surface area contributed by atoms with Gasteiger partial charge in [0.05, 0.1) is 0 Å². The molecule has 1 rings (SSSR count). The van der Waals surface area contributed by atoms with Crippen molar-refractivity contribution in [3.8, 4) is 0 Å². The van der Waals surface area contributed by atoms with E-state index in [1.54, 1.807) is 6.08 Å². The standard InChI is InChI=1S/C13H16O/c1-2-3-5-10-13(14)11-12-8-6-4-7-9-12/h4-10H,2-3,11H2,1H3. The highest BCUT2D eigenvalue weighted by atomic mass is 16.1. The zero-order valence-corrected chi connectivity index (χ0v) is 8.57. The first kappa shape index (κ1) is 10.7. The summed E-state index contributed by atoms with van der Waals surface area (Å²) in [6, 6.07) is 9.83. The molecule has 0 aliphatic heterocycles. The van der Waals surface area contributed by atoms with E-state index in [4.69, 9.17) is 0 Å². The van der Waals surface area contributed by atoms with Gasteiger partial charge in [0.2, 0.25) is 0 Å². The van der Waals surface area contributed by atoms with Crippen LogP contribution in [0.3, 0.4) is 0 Å². The van der Waals surface area contributed by atoms with Crippen molar-refractivity contribution in [1.29, 1.82) is 0 Å². The number of hydrogen-bond donors (Lipinski definition) is 0. The molecule has 0 saturated heterocycles. The van der Waals surface area contributed by atoms with E-state index in [1.807, 2.05) is 36.4 Å². The molecular weight excluding hydrogens is 172 g/mol. The second-order valence-electron chi connectivity index (χ2n) is 3.32. The summed E-state index contributed by atoms with van der Waals surface area (Å²) in [5.74, 6) is 0.185. The third kappa shape index (κ3) is 4.04.